The summed E-state index contributed by atoms with van der Waals surface area (Å²) in [5, 5.41) is 14.0. The summed E-state index contributed by atoms with van der Waals surface area (Å²) in [6.07, 6.45) is 4.44. The van der Waals surface area contributed by atoms with Crippen LogP contribution in [0.1, 0.15) is 39.5 Å². The van der Waals surface area contributed by atoms with Gasteiger partial charge >= 0.3 is 5.97 Å². The molecule has 0 spiro atoms. The molecule has 7 nitrogen and oxygen atoms in total. The van der Waals surface area contributed by atoms with Gasteiger partial charge in [-0.25, -0.2) is 8.42 Å². The Balaban J connectivity index is 0.000000488. The van der Waals surface area contributed by atoms with Crippen molar-refractivity contribution in [2.45, 2.75) is 50.5 Å². The number of fused-ring (bicyclic) bond motifs is 1. The molecular weight excluding hydrogens is 414 g/mol. The number of aliphatic carboxylic acids is 1. The van der Waals surface area contributed by atoms with Crippen molar-refractivity contribution in [3.8, 4) is 0 Å². The Labute approximate surface area is 185 Å². The van der Waals surface area contributed by atoms with Crippen LogP contribution in [0.15, 0.2) is 41.3 Å². The maximum absolute atomic E-state index is 12.8. The molecule has 2 aromatic rings. The molecule has 1 unspecified atom stereocenters. The topological polar surface area (TPSA) is 98.7 Å². The number of rotatable bonds is 7. The van der Waals surface area contributed by atoms with Gasteiger partial charge in [-0.15, -0.1) is 0 Å². The minimum Gasteiger partial charge on any atom is -0.480 e. The van der Waals surface area contributed by atoms with Crippen LogP contribution in [0.2, 0.25) is 0 Å². The van der Waals surface area contributed by atoms with E-state index in [0.717, 1.165) is 11.1 Å². The molecule has 31 heavy (non-hydrogen) atoms. The smallest absolute Gasteiger partial charge is 0.321 e. The summed E-state index contributed by atoms with van der Waals surface area (Å²) < 4.78 is 28.0. The first kappa shape index (κ1) is 25.1. The first-order chi connectivity index (χ1) is 14.6. The summed E-state index contributed by atoms with van der Waals surface area (Å²) in [5.74, 6) is -1.12. The highest BCUT2D eigenvalue weighted by Gasteiger charge is 2.27. The largest absolute Gasteiger partial charge is 0.480 e. The molecule has 0 amide bonds. The van der Waals surface area contributed by atoms with E-state index in [-0.39, 0.29) is 17.2 Å². The zero-order chi connectivity index (χ0) is 23.0. The lowest BCUT2D eigenvalue weighted by Crippen LogP contribution is -2.41. The summed E-state index contributed by atoms with van der Waals surface area (Å²) >= 11 is 0. The number of hydrogen-bond acceptors (Lipinski definition) is 5. The van der Waals surface area contributed by atoms with E-state index < -0.39 is 22.0 Å². The van der Waals surface area contributed by atoms with Crippen LogP contribution in [0.5, 0.6) is 0 Å². The number of nitrogens with zero attached hydrogens (tertiary/aromatic N) is 1. The van der Waals surface area contributed by atoms with Gasteiger partial charge in [0.1, 0.15) is 6.04 Å². The van der Waals surface area contributed by atoms with Crippen LogP contribution in [0, 0.1) is 5.92 Å². The van der Waals surface area contributed by atoms with Gasteiger partial charge < -0.3 is 15.3 Å². The minimum atomic E-state index is -3.97. The Kier molecular flexibility index (Phi) is 9.28. The first-order valence-corrected chi connectivity index (χ1v) is 12.3. The van der Waals surface area contributed by atoms with E-state index >= 15 is 0 Å². The van der Waals surface area contributed by atoms with E-state index in [4.69, 9.17) is 0 Å². The van der Waals surface area contributed by atoms with Gasteiger partial charge in [0.05, 0.1) is 4.90 Å². The highest BCUT2D eigenvalue weighted by atomic mass is 32.2. The molecule has 2 aromatic carbocycles. The number of carboxylic acids is 1. The summed E-state index contributed by atoms with van der Waals surface area (Å²) in [6.45, 7) is 6.21. The zero-order valence-corrected chi connectivity index (χ0v) is 19.7. The molecule has 1 aliphatic heterocycles. The molecule has 1 saturated heterocycles. The van der Waals surface area contributed by atoms with Crippen molar-refractivity contribution in [2.24, 2.45) is 5.92 Å². The predicted octanol–water partition coefficient (Wildman–Crippen LogP) is 3.44. The maximum Gasteiger partial charge on any atom is 0.321 e. The number of anilines is 1. The molecule has 1 atom stereocenters. The second-order valence-electron chi connectivity index (χ2n) is 8.48. The predicted molar refractivity (Wildman–Crippen MR) is 126 cm³/mol. The van der Waals surface area contributed by atoms with Crippen LogP contribution in [-0.4, -0.2) is 52.7 Å². The van der Waals surface area contributed by atoms with E-state index in [0.29, 0.717) is 5.39 Å². The van der Waals surface area contributed by atoms with E-state index in [9.17, 15) is 18.3 Å². The molecule has 1 aliphatic rings. The Bertz CT molecular complexity index is 958. The molecule has 3 rings (SSSR count). The van der Waals surface area contributed by atoms with E-state index in [1.165, 1.54) is 38.4 Å². The normalized spacial score (nSPS) is 15.3. The summed E-state index contributed by atoms with van der Waals surface area (Å²) in [6, 6.07) is 9.30. The number of carboxylic acid groups (broad SMARTS) is 1. The fourth-order valence-electron chi connectivity index (χ4n) is 3.61. The van der Waals surface area contributed by atoms with Crippen LogP contribution < -0.4 is 14.9 Å². The molecule has 0 radical (unpaired) electrons. The number of nitrogens with one attached hydrogen (secondary N) is 2. The molecule has 0 aliphatic carbocycles. The van der Waals surface area contributed by atoms with Gasteiger partial charge in [-0.1, -0.05) is 44.5 Å². The summed E-state index contributed by atoms with van der Waals surface area (Å²) in [7, 11) is -0.196. The lowest BCUT2D eigenvalue weighted by Gasteiger charge is -2.19. The third-order valence-corrected chi connectivity index (χ3v) is 6.67. The molecule has 8 heteroatoms. The van der Waals surface area contributed by atoms with Crippen molar-refractivity contribution in [3.63, 3.8) is 0 Å². The molecule has 0 saturated carbocycles. The molecular formula is C23H35N3O4S. The van der Waals surface area contributed by atoms with Gasteiger partial charge in [0.15, 0.2) is 0 Å². The van der Waals surface area contributed by atoms with Crippen LogP contribution in [0.4, 0.5) is 5.69 Å². The highest BCUT2D eigenvalue weighted by Crippen LogP contribution is 2.30. The van der Waals surface area contributed by atoms with Gasteiger partial charge in [0.2, 0.25) is 10.0 Å². The van der Waals surface area contributed by atoms with Crippen molar-refractivity contribution < 1.29 is 18.3 Å². The van der Waals surface area contributed by atoms with Gasteiger partial charge in [0, 0.05) is 30.6 Å². The highest BCUT2D eigenvalue weighted by molar-refractivity contribution is 7.89. The third kappa shape index (κ3) is 7.19. The zero-order valence-electron chi connectivity index (χ0n) is 18.9. The standard InChI is InChI=1S/C18H24N2O4S.C5H11N/c1-12(2)11-15(18(21)22)19-25(23,24)17-10-6-7-13-14(17)8-5-9-16(13)20(3)4;1-2-4-6-5-3-1/h5-10,12,15,19H,11H2,1-4H3,(H,21,22);6H,1-5H2. The van der Waals surface area contributed by atoms with Crippen molar-refractivity contribution >= 4 is 32.5 Å². The molecule has 172 valence electrons. The number of piperidine rings is 1. The SMILES string of the molecule is C1CCNCC1.CC(C)CC(NS(=O)(=O)c1cccc2c(N(C)C)cccc12)C(=O)O. The van der Waals surface area contributed by atoms with Gasteiger partial charge in [-0.2, -0.15) is 4.72 Å². The van der Waals surface area contributed by atoms with Crippen LogP contribution in [0.3, 0.4) is 0 Å². The second-order valence-corrected chi connectivity index (χ2v) is 10.2. The average molecular weight is 450 g/mol. The second kappa shape index (κ2) is 11.5. The Morgan fingerprint density at radius 2 is 1.68 bits per heavy atom. The van der Waals surface area contributed by atoms with Gasteiger partial charge in [0.25, 0.3) is 0 Å². The molecule has 0 bridgehead atoms. The third-order valence-electron chi connectivity index (χ3n) is 5.14. The van der Waals surface area contributed by atoms with Crippen LogP contribution in [0.25, 0.3) is 10.8 Å². The van der Waals surface area contributed by atoms with Crippen molar-refractivity contribution in [2.75, 3.05) is 32.1 Å². The average Bonchev–Trinajstić information content (AvgIpc) is 2.73. The van der Waals surface area contributed by atoms with Crippen LogP contribution >= 0.6 is 0 Å². The van der Waals surface area contributed by atoms with Gasteiger partial charge in [-0.3, -0.25) is 4.79 Å². The number of sulfonamides is 1. The number of carbonyl (C=O) groups is 1. The minimum absolute atomic E-state index is 0.0525. The molecule has 0 aromatic heterocycles. The fourth-order valence-corrected chi connectivity index (χ4v) is 5.04. The van der Waals surface area contributed by atoms with Crippen LogP contribution in [-0.2, 0) is 14.8 Å². The number of hydrogen-bond donors (Lipinski definition) is 3. The first-order valence-electron chi connectivity index (χ1n) is 10.8. The van der Waals surface area contributed by atoms with E-state index in [1.54, 1.807) is 18.2 Å². The van der Waals surface area contributed by atoms with Crippen molar-refractivity contribution in [1.29, 1.82) is 0 Å². The lowest BCUT2D eigenvalue weighted by molar-refractivity contribution is -0.139. The maximum atomic E-state index is 12.8. The summed E-state index contributed by atoms with van der Waals surface area (Å²) in [5.41, 5.74) is 0.895. The molecule has 3 N–H and O–H groups in total. The van der Waals surface area contributed by atoms with Crippen molar-refractivity contribution in [1.82, 2.24) is 10.0 Å². The quantitative estimate of drug-likeness (QED) is 0.599. The monoisotopic (exact) mass is 449 g/mol. The Morgan fingerprint density at radius 1 is 1.06 bits per heavy atom. The Hall–Kier alpha value is -2.16. The Morgan fingerprint density at radius 3 is 2.16 bits per heavy atom. The van der Waals surface area contributed by atoms with E-state index in [1.807, 2.05) is 45.0 Å². The summed E-state index contributed by atoms with van der Waals surface area (Å²) in [4.78, 5) is 13.4. The fraction of sp³-hybridized carbons (Fsp3) is 0.522. The van der Waals surface area contributed by atoms with E-state index in [2.05, 4.69) is 10.0 Å². The van der Waals surface area contributed by atoms with Gasteiger partial charge in [-0.05, 0) is 50.4 Å². The molecule has 1 heterocycles. The lowest BCUT2D eigenvalue weighted by atomic mass is 10.1. The molecule has 1 fully saturated rings. The number of benzene rings is 2. The van der Waals surface area contributed by atoms with Crippen molar-refractivity contribution in [3.05, 3.63) is 36.4 Å².